The lowest BCUT2D eigenvalue weighted by Gasteiger charge is -2.26. The Morgan fingerprint density at radius 3 is 2.52 bits per heavy atom. The van der Waals surface area contributed by atoms with Crippen molar-refractivity contribution in [3.8, 4) is 17.3 Å². The normalized spacial score (nSPS) is 14.0. The largest absolute Gasteiger partial charge is 0.436 e. The van der Waals surface area contributed by atoms with Crippen LogP contribution >= 0.6 is 0 Å². The molecule has 2 aromatic carbocycles. The van der Waals surface area contributed by atoms with Gasteiger partial charge in [-0.2, -0.15) is 23.3 Å². The summed E-state index contributed by atoms with van der Waals surface area (Å²) in [7, 11) is 0. The molecule has 1 aliphatic heterocycles. The summed E-state index contributed by atoms with van der Waals surface area (Å²) in [6.45, 7) is 4.38. The summed E-state index contributed by atoms with van der Waals surface area (Å²) in [4.78, 5) is 23.3. The first-order valence-electron chi connectivity index (χ1n) is 12.7. The van der Waals surface area contributed by atoms with Crippen molar-refractivity contribution in [2.75, 3.05) is 50.0 Å². The van der Waals surface area contributed by atoms with Crippen molar-refractivity contribution in [1.29, 1.82) is 0 Å². The van der Waals surface area contributed by atoms with Crippen molar-refractivity contribution >= 4 is 17.5 Å². The van der Waals surface area contributed by atoms with E-state index in [0.29, 0.717) is 24.4 Å². The molecule has 1 aliphatic rings. The Morgan fingerprint density at radius 1 is 1.05 bits per heavy atom. The van der Waals surface area contributed by atoms with Crippen LogP contribution in [0.15, 0.2) is 60.9 Å². The van der Waals surface area contributed by atoms with Crippen LogP contribution in [0, 0.1) is 11.6 Å². The fourth-order valence-corrected chi connectivity index (χ4v) is 4.17. The van der Waals surface area contributed by atoms with Crippen LogP contribution in [0.1, 0.15) is 16.1 Å². The first kappa shape index (κ1) is 28.9. The molecule has 4 aromatic rings. The number of rotatable bonds is 9. The van der Waals surface area contributed by atoms with Gasteiger partial charge in [0.15, 0.2) is 17.3 Å². The van der Waals surface area contributed by atoms with Gasteiger partial charge in [-0.25, -0.2) is 18.4 Å². The average Bonchev–Trinajstić information content (AvgIpc) is 3.42. The highest BCUT2D eigenvalue weighted by molar-refractivity contribution is 6.05. The highest BCUT2D eigenvalue weighted by Crippen LogP contribution is 2.34. The summed E-state index contributed by atoms with van der Waals surface area (Å²) < 4.78 is 81.1. The number of nitrogens with zero attached hydrogens (tertiary/aromatic N) is 5. The first-order valence-corrected chi connectivity index (χ1v) is 12.7. The fraction of sp³-hybridized carbons (Fsp3) is 0.259. The molecule has 0 saturated carbocycles. The zero-order valence-electron chi connectivity index (χ0n) is 21.9. The third-order valence-electron chi connectivity index (χ3n) is 6.20. The molecule has 3 heterocycles. The van der Waals surface area contributed by atoms with Crippen molar-refractivity contribution in [2.45, 2.75) is 6.18 Å². The molecule has 15 heteroatoms. The van der Waals surface area contributed by atoms with Gasteiger partial charge in [-0.3, -0.25) is 9.69 Å². The van der Waals surface area contributed by atoms with Gasteiger partial charge in [0.05, 0.1) is 30.7 Å². The molecule has 1 fully saturated rings. The molecule has 0 spiro atoms. The van der Waals surface area contributed by atoms with E-state index in [1.54, 1.807) is 0 Å². The van der Waals surface area contributed by atoms with Gasteiger partial charge in [-0.15, -0.1) is 0 Å². The van der Waals surface area contributed by atoms with Crippen molar-refractivity contribution in [1.82, 2.24) is 24.6 Å². The van der Waals surface area contributed by atoms with Gasteiger partial charge < -0.3 is 20.1 Å². The predicted molar refractivity (Wildman–Crippen MR) is 141 cm³/mol. The van der Waals surface area contributed by atoms with E-state index in [2.05, 4.69) is 30.6 Å². The lowest BCUT2D eigenvalue weighted by atomic mass is 10.2. The van der Waals surface area contributed by atoms with E-state index in [4.69, 9.17) is 9.47 Å². The molecule has 0 radical (unpaired) electrons. The summed E-state index contributed by atoms with van der Waals surface area (Å²) in [5.74, 6) is -2.61. The maximum absolute atomic E-state index is 14.8. The number of alkyl halides is 3. The summed E-state index contributed by atoms with van der Waals surface area (Å²) in [6.07, 6.45) is -2.80. The molecule has 0 unspecified atom stereocenters. The average molecular weight is 590 g/mol. The highest BCUT2D eigenvalue weighted by atomic mass is 19.4. The summed E-state index contributed by atoms with van der Waals surface area (Å²) in [5, 5.41) is 8.99. The minimum atomic E-state index is -4.98. The number of carbonyl (C=O) groups is 1. The van der Waals surface area contributed by atoms with Gasteiger partial charge in [0.2, 0.25) is 11.8 Å². The molecule has 1 amide bonds. The van der Waals surface area contributed by atoms with Crippen LogP contribution in [-0.4, -0.2) is 69.9 Å². The molecule has 1 saturated heterocycles. The Hall–Kier alpha value is -4.63. The van der Waals surface area contributed by atoms with Crippen LogP contribution in [0.3, 0.4) is 0 Å². The van der Waals surface area contributed by atoms with Gasteiger partial charge >= 0.3 is 6.18 Å². The van der Waals surface area contributed by atoms with Crippen molar-refractivity contribution in [2.24, 2.45) is 0 Å². The molecular weight excluding hydrogens is 565 g/mol. The highest BCUT2D eigenvalue weighted by Gasteiger charge is 2.40. The third-order valence-corrected chi connectivity index (χ3v) is 6.20. The number of hydrogen-bond donors (Lipinski definition) is 2. The number of hydrogen-bond acceptors (Lipinski definition) is 8. The van der Waals surface area contributed by atoms with Crippen LogP contribution in [0.25, 0.3) is 5.69 Å². The van der Waals surface area contributed by atoms with E-state index >= 15 is 0 Å². The summed E-state index contributed by atoms with van der Waals surface area (Å²) in [5.41, 5.74) is -2.40. The van der Waals surface area contributed by atoms with Crippen LogP contribution in [-0.2, 0) is 10.9 Å². The number of halogens is 5. The van der Waals surface area contributed by atoms with Gasteiger partial charge in [0.25, 0.3) is 5.91 Å². The van der Waals surface area contributed by atoms with Crippen LogP contribution < -0.4 is 15.4 Å². The molecule has 0 bridgehead atoms. The lowest BCUT2D eigenvalue weighted by Crippen LogP contribution is -2.39. The Bertz CT molecular complexity index is 1540. The second-order valence-electron chi connectivity index (χ2n) is 9.09. The number of amides is 1. The van der Waals surface area contributed by atoms with Crippen molar-refractivity contribution in [3.05, 3.63) is 83.8 Å². The van der Waals surface area contributed by atoms with Gasteiger partial charge in [0, 0.05) is 50.2 Å². The Morgan fingerprint density at radius 2 is 1.81 bits per heavy atom. The van der Waals surface area contributed by atoms with Gasteiger partial charge in [-0.05, 0) is 36.4 Å². The fourth-order valence-electron chi connectivity index (χ4n) is 4.17. The summed E-state index contributed by atoms with van der Waals surface area (Å²) >= 11 is 0. The molecule has 2 N–H and O–H groups in total. The number of anilines is 2. The maximum Gasteiger partial charge on any atom is 0.434 e. The molecule has 5 rings (SSSR count). The molecule has 42 heavy (non-hydrogen) atoms. The molecular formula is C27H24F5N7O3. The van der Waals surface area contributed by atoms with Crippen LogP contribution in [0.5, 0.6) is 11.6 Å². The lowest BCUT2D eigenvalue weighted by molar-refractivity contribution is -0.143. The number of aromatic nitrogens is 4. The Labute approximate surface area is 236 Å². The van der Waals surface area contributed by atoms with Crippen molar-refractivity contribution in [3.63, 3.8) is 0 Å². The SMILES string of the molecule is O=C(Nc1ccc(Oc2ccnc(NCCN3CCOCC3)n2)c(F)c1)c1cnn(-c2ccc(F)cc2)c1C(F)(F)F. The van der Waals surface area contributed by atoms with E-state index in [-0.39, 0.29) is 29.0 Å². The third kappa shape index (κ3) is 6.98. The van der Waals surface area contributed by atoms with E-state index in [0.717, 1.165) is 56.2 Å². The quantitative estimate of drug-likeness (QED) is 0.270. The maximum atomic E-state index is 14.8. The Kier molecular flexibility index (Phi) is 8.59. The standard InChI is InChI=1S/C27H24F5N7O3/c28-17-1-4-19(5-2-17)39-24(27(30,31)32)20(16-35-39)25(40)36-18-3-6-22(21(29)15-18)42-23-7-8-33-26(37-23)34-9-10-38-11-13-41-14-12-38/h1-8,15-16H,9-14H2,(H,36,40)(H,33,34,37). The number of benzene rings is 2. The number of ether oxygens (including phenoxy) is 2. The molecule has 2 aromatic heterocycles. The predicted octanol–water partition coefficient (Wildman–Crippen LogP) is 4.75. The smallest absolute Gasteiger partial charge is 0.434 e. The number of carbonyl (C=O) groups excluding carboxylic acids is 1. The second-order valence-corrected chi connectivity index (χ2v) is 9.09. The molecule has 0 aliphatic carbocycles. The van der Waals surface area contributed by atoms with Gasteiger partial charge in [0.1, 0.15) is 5.82 Å². The van der Waals surface area contributed by atoms with Crippen molar-refractivity contribution < 1.29 is 36.2 Å². The minimum absolute atomic E-state index is 0.0533. The van der Waals surface area contributed by atoms with Crippen LogP contribution in [0.4, 0.5) is 33.6 Å². The van der Waals surface area contributed by atoms with E-state index < -0.39 is 35.0 Å². The van der Waals surface area contributed by atoms with Crippen LogP contribution in [0.2, 0.25) is 0 Å². The van der Waals surface area contributed by atoms with E-state index in [1.165, 1.54) is 24.4 Å². The minimum Gasteiger partial charge on any atom is -0.436 e. The Balaban J connectivity index is 1.25. The first-order chi connectivity index (χ1) is 20.2. The summed E-state index contributed by atoms with van der Waals surface area (Å²) in [6, 6.07) is 8.91. The van der Waals surface area contributed by atoms with E-state index in [9.17, 15) is 26.7 Å². The topological polar surface area (TPSA) is 106 Å². The van der Waals surface area contributed by atoms with E-state index in [1.807, 2.05) is 0 Å². The molecule has 220 valence electrons. The zero-order valence-corrected chi connectivity index (χ0v) is 21.9. The van der Waals surface area contributed by atoms with Gasteiger partial charge in [-0.1, -0.05) is 0 Å². The second kappa shape index (κ2) is 12.5. The monoisotopic (exact) mass is 589 g/mol. The zero-order chi connectivity index (χ0) is 29.7. The molecule has 10 nitrogen and oxygen atoms in total. The number of morpholine rings is 1. The number of nitrogens with one attached hydrogen (secondary N) is 2. The molecule has 0 atom stereocenters.